The van der Waals surface area contributed by atoms with Gasteiger partial charge in [-0.05, 0) is 0 Å². The van der Waals surface area contributed by atoms with Gasteiger partial charge in [0.2, 0.25) is 0 Å². The maximum absolute atomic E-state index is 8.09. The molecule has 1 aliphatic heterocycles. The highest BCUT2D eigenvalue weighted by Crippen LogP contribution is 1.92. The van der Waals surface area contributed by atoms with Crippen molar-refractivity contribution in [3.8, 4) is 23.9 Å². The highest BCUT2D eigenvalue weighted by molar-refractivity contribution is 7.05. The topological polar surface area (TPSA) is 136 Å². The summed E-state index contributed by atoms with van der Waals surface area (Å²) in [5.41, 5.74) is 1.64. The van der Waals surface area contributed by atoms with Gasteiger partial charge in [0.05, 0.1) is 0 Å². The van der Waals surface area contributed by atoms with Gasteiger partial charge < -0.3 is 0 Å². The summed E-state index contributed by atoms with van der Waals surface area (Å²) < 4.78 is 0. The van der Waals surface area contributed by atoms with Crippen LogP contribution in [0.4, 0.5) is 0 Å². The lowest BCUT2D eigenvalue weighted by atomic mass is 9.30. The number of nitrogens with zero attached hydrogens (tertiary/aromatic N) is 6. The second kappa shape index (κ2) is 5.91. The molecule has 0 amide bonds. The lowest BCUT2D eigenvalue weighted by molar-refractivity contribution is -0.595. The average Bonchev–Trinajstić information content (AvgIpc) is 2.80. The molecule has 1 heterocycles. The van der Waals surface area contributed by atoms with Crippen molar-refractivity contribution in [2.24, 2.45) is 10.3 Å². The summed E-state index contributed by atoms with van der Waals surface area (Å²) in [4.78, 5) is 0. The fourth-order valence-electron chi connectivity index (χ4n) is 0.366. The maximum Gasteiger partial charge on any atom is 0.383 e. The van der Waals surface area contributed by atoms with Gasteiger partial charge in [-0.15, -0.1) is 29.0 Å². The minimum atomic E-state index is -2.72. The Morgan fingerprint density at radius 2 is 1.50 bits per heavy atom. The molecule has 0 aromatic heterocycles. The molecule has 0 saturated carbocycles. The smallest absolute Gasteiger partial charge is 0.245 e. The van der Waals surface area contributed by atoms with E-state index in [2.05, 4.69) is 10.3 Å². The Hall–Kier alpha value is -2.68. The summed E-state index contributed by atoms with van der Waals surface area (Å²) in [5, 5.41) is 39.3. The maximum atomic E-state index is 8.09. The molecular weight excluding hydrogens is 181 g/mol. The summed E-state index contributed by atoms with van der Waals surface area (Å²) in [6, 6.07) is 0. The number of hydrogen-bond donors (Lipinski definition) is 1. The van der Waals surface area contributed by atoms with Crippen LogP contribution >= 0.6 is 0 Å². The molecule has 0 saturated heterocycles. The molecule has 8 heteroatoms. The highest BCUT2D eigenvalue weighted by atomic mass is 15.4. The predicted octanol–water partition coefficient (Wildman–Crippen LogP) is -0.912. The minimum Gasteiger partial charge on any atom is -0.245 e. The van der Waals surface area contributed by atoms with Gasteiger partial charge in [-0.3, -0.25) is 0 Å². The second-order valence-corrected chi connectivity index (χ2v) is 2.10. The van der Waals surface area contributed by atoms with Crippen molar-refractivity contribution in [3.63, 3.8) is 0 Å². The van der Waals surface area contributed by atoms with Crippen molar-refractivity contribution in [2.45, 2.75) is 0 Å². The standard InChI is InChI=1S/C4BN4.C2H3N3/c6-1-5(2-7,3-8)4-9;1-2-4-5-3-1/h;1-2H,(H,3,4,5)/q-1;/p+1. The molecule has 0 aromatic rings. The van der Waals surface area contributed by atoms with Crippen LogP contribution in [0.5, 0.6) is 0 Å². The zero-order valence-corrected chi connectivity index (χ0v) is 6.99. The molecule has 0 spiro atoms. The van der Waals surface area contributed by atoms with Crippen LogP contribution in [0.2, 0.25) is 0 Å². The van der Waals surface area contributed by atoms with Crippen molar-refractivity contribution in [1.82, 2.24) is 0 Å². The molecule has 0 aromatic carbocycles. The van der Waals surface area contributed by atoms with Crippen LogP contribution < -0.4 is 5.43 Å². The Balaban J connectivity index is 0.000000280. The first-order chi connectivity index (χ1) is 6.74. The fourth-order valence-corrected chi connectivity index (χ4v) is 0.366. The summed E-state index contributed by atoms with van der Waals surface area (Å²) in [6.07, 6.45) is 0.694. The molecular formula is C6H4BN7. The zero-order chi connectivity index (χ0) is 10.9. The van der Waals surface area contributed by atoms with E-state index in [1.54, 1.807) is 17.8 Å². The van der Waals surface area contributed by atoms with E-state index < -0.39 is 6.15 Å². The van der Waals surface area contributed by atoms with E-state index in [4.69, 9.17) is 21.0 Å². The third kappa shape index (κ3) is 3.15. The Labute approximate surface area is 80.1 Å². The summed E-state index contributed by atoms with van der Waals surface area (Å²) >= 11 is 0. The SMILES string of the molecule is C1=C[NH2+]N=N1.N#C[B-](C#N)(C#N)C#N. The molecule has 0 bridgehead atoms. The Bertz CT molecular complexity index is 338. The molecule has 14 heavy (non-hydrogen) atoms. The van der Waals surface area contributed by atoms with Gasteiger partial charge in [-0.1, -0.05) is 0 Å². The van der Waals surface area contributed by atoms with Crippen molar-refractivity contribution in [3.05, 3.63) is 12.4 Å². The first-order valence-corrected chi connectivity index (χ1v) is 3.43. The number of nitrogens with two attached hydrogens (primary N) is 1. The summed E-state index contributed by atoms with van der Waals surface area (Å²) in [7, 11) is 0. The Kier molecular flexibility index (Phi) is 4.78. The molecule has 0 aliphatic carbocycles. The van der Waals surface area contributed by atoms with Crippen LogP contribution in [0.15, 0.2) is 22.7 Å². The molecule has 0 radical (unpaired) electrons. The van der Waals surface area contributed by atoms with Crippen LogP contribution in [-0.4, -0.2) is 6.15 Å². The third-order valence-corrected chi connectivity index (χ3v) is 1.15. The number of nitriles is 4. The van der Waals surface area contributed by atoms with E-state index in [0.717, 1.165) is 0 Å². The molecule has 0 unspecified atom stereocenters. The van der Waals surface area contributed by atoms with Gasteiger partial charge in [0, 0.05) is 5.22 Å². The van der Waals surface area contributed by atoms with Gasteiger partial charge >= 0.3 is 6.15 Å². The van der Waals surface area contributed by atoms with E-state index in [1.165, 1.54) is 23.9 Å². The molecule has 2 N–H and O–H groups in total. The van der Waals surface area contributed by atoms with Crippen molar-refractivity contribution in [1.29, 1.82) is 21.0 Å². The number of hydrogen-bond acceptors (Lipinski definition) is 6. The van der Waals surface area contributed by atoms with E-state index in [1.807, 2.05) is 0 Å². The Morgan fingerprint density at radius 3 is 1.57 bits per heavy atom. The first kappa shape index (κ1) is 11.3. The average molecular weight is 185 g/mol. The third-order valence-electron chi connectivity index (χ3n) is 1.15. The molecule has 0 fully saturated rings. The largest absolute Gasteiger partial charge is 0.383 e. The molecule has 0 atom stereocenters. The first-order valence-electron chi connectivity index (χ1n) is 3.43. The summed E-state index contributed by atoms with van der Waals surface area (Å²) in [6.45, 7) is 0. The van der Waals surface area contributed by atoms with Gasteiger partial charge in [0.15, 0.2) is 0 Å². The molecule has 7 nitrogen and oxygen atoms in total. The van der Waals surface area contributed by atoms with Crippen LogP contribution in [0.25, 0.3) is 0 Å². The lowest BCUT2D eigenvalue weighted by Gasteiger charge is -1.98. The molecule has 1 rings (SSSR count). The number of quaternary nitrogens is 1. The van der Waals surface area contributed by atoms with Crippen LogP contribution in [0, 0.1) is 44.9 Å². The van der Waals surface area contributed by atoms with E-state index in [0.29, 0.717) is 0 Å². The zero-order valence-electron chi connectivity index (χ0n) is 6.99. The van der Waals surface area contributed by atoms with Crippen LogP contribution in [-0.2, 0) is 0 Å². The van der Waals surface area contributed by atoms with Crippen molar-refractivity contribution < 1.29 is 5.43 Å². The van der Waals surface area contributed by atoms with Gasteiger partial charge in [-0.2, -0.15) is 5.43 Å². The van der Waals surface area contributed by atoms with Crippen LogP contribution in [0.1, 0.15) is 0 Å². The van der Waals surface area contributed by atoms with Crippen molar-refractivity contribution >= 4 is 6.15 Å². The predicted molar refractivity (Wildman–Crippen MR) is 44.1 cm³/mol. The summed E-state index contributed by atoms with van der Waals surface area (Å²) in [5.74, 6) is 5.38. The van der Waals surface area contributed by atoms with Crippen LogP contribution in [0.3, 0.4) is 0 Å². The second-order valence-electron chi connectivity index (χ2n) is 2.10. The number of rotatable bonds is 0. The van der Waals surface area contributed by atoms with E-state index >= 15 is 0 Å². The van der Waals surface area contributed by atoms with E-state index in [9.17, 15) is 0 Å². The normalized spacial score (nSPS) is 11.1. The quantitative estimate of drug-likeness (QED) is 0.385. The minimum absolute atomic E-state index is 1.34. The molecule has 66 valence electrons. The molecule has 1 aliphatic rings. The Morgan fingerprint density at radius 1 is 1.00 bits per heavy atom. The van der Waals surface area contributed by atoms with Gasteiger partial charge in [0.1, 0.15) is 12.4 Å². The van der Waals surface area contributed by atoms with E-state index in [-0.39, 0.29) is 0 Å². The van der Waals surface area contributed by atoms with Gasteiger partial charge in [0.25, 0.3) is 0 Å². The monoisotopic (exact) mass is 185 g/mol. The fraction of sp³-hybridized carbons (Fsp3) is 0. The van der Waals surface area contributed by atoms with Gasteiger partial charge in [-0.25, -0.2) is 21.0 Å². The highest BCUT2D eigenvalue weighted by Gasteiger charge is 2.22. The lowest BCUT2D eigenvalue weighted by Crippen LogP contribution is -2.68. The van der Waals surface area contributed by atoms with Crippen molar-refractivity contribution in [2.75, 3.05) is 0 Å².